The van der Waals surface area contributed by atoms with E-state index in [2.05, 4.69) is 23.3 Å². The van der Waals surface area contributed by atoms with Gasteiger partial charge in [-0.15, -0.1) is 12.6 Å². The van der Waals surface area contributed by atoms with Gasteiger partial charge in [-0.05, 0) is 12.8 Å². The Balaban J connectivity index is 2.06. The quantitative estimate of drug-likeness (QED) is 0.482. The van der Waals surface area contributed by atoms with Crippen molar-refractivity contribution in [2.75, 3.05) is 0 Å². The fourth-order valence-corrected chi connectivity index (χ4v) is 2.45. The van der Waals surface area contributed by atoms with Crippen molar-refractivity contribution in [3.05, 3.63) is 0 Å². The molecule has 0 aromatic rings. The molecule has 2 N–H and O–H groups in total. The lowest BCUT2D eigenvalue weighted by atomic mass is 9.83. The summed E-state index contributed by atoms with van der Waals surface area (Å²) in [6.07, 6.45) is 4.58. The van der Waals surface area contributed by atoms with E-state index in [1.165, 1.54) is 12.8 Å². The van der Waals surface area contributed by atoms with Crippen LogP contribution in [0, 0.1) is 5.92 Å². The van der Waals surface area contributed by atoms with Crippen molar-refractivity contribution in [3.63, 3.8) is 0 Å². The topological polar surface area (TPSA) is 41.1 Å². The number of hydrogen-bond acceptors (Lipinski definition) is 3. The van der Waals surface area contributed by atoms with Crippen LogP contribution >= 0.6 is 12.6 Å². The maximum Gasteiger partial charge on any atom is 0.226 e. The third kappa shape index (κ3) is 1.45. The van der Waals surface area contributed by atoms with Crippen molar-refractivity contribution in [1.29, 1.82) is 0 Å². The van der Waals surface area contributed by atoms with Gasteiger partial charge in [0.2, 0.25) is 5.91 Å². The first kappa shape index (κ1) is 8.38. The molecule has 0 spiro atoms. The summed E-state index contributed by atoms with van der Waals surface area (Å²) in [5.41, 5.74) is -0.142. The van der Waals surface area contributed by atoms with Gasteiger partial charge in [0.05, 0.1) is 5.92 Å². The third-order valence-corrected chi connectivity index (χ3v) is 3.03. The molecule has 0 bridgehead atoms. The zero-order chi connectivity index (χ0) is 8.55. The zero-order valence-corrected chi connectivity index (χ0v) is 7.81. The van der Waals surface area contributed by atoms with Gasteiger partial charge in [0, 0.05) is 6.04 Å². The minimum Gasteiger partial charge on any atom is -0.332 e. The number of fused-ring (bicyclic) bond motifs is 1. The van der Waals surface area contributed by atoms with Crippen LogP contribution < -0.4 is 10.6 Å². The molecule has 1 amide bonds. The van der Waals surface area contributed by atoms with Crippen LogP contribution in [0.25, 0.3) is 0 Å². The van der Waals surface area contributed by atoms with E-state index in [4.69, 9.17) is 0 Å². The van der Waals surface area contributed by atoms with E-state index < -0.39 is 0 Å². The predicted octanol–water partition coefficient (Wildman–Crippen LogP) is 0.478. The van der Waals surface area contributed by atoms with Crippen molar-refractivity contribution in [1.82, 2.24) is 10.6 Å². The van der Waals surface area contributed by atoms with Gasteiger partial charge in [-0.3, -0.25) is 10.1 Å². The molecule has 3 nitrogen and oxygen atoms in total. The summed E-state index contributed by atoms with van der Waals surface area (Å²) in [5, 5.41) is 6.07. The highest BCUT2D eigenvalue weighted by molar-refractivity contribution is 7.80. The second-order valence-electron chi connectivity index (χ2n) is 3.58. The Morgan fingerprint density at radius 1 is 1.33 bits per heavy atom. The van der Waals surface area contributed by atoms with Crippen LogP contribution in [0.5, 0.6) is 0 Å². The Kier molecular flexibility index (Phi) is 2.28. The minimum absolute atomic E-state index is 0.142. The molecule has 0 radical (unpaired) electrons. The average Bonchev–Trinajstić information content (AvgIpc) is 2.04. The molecule has 1 saturated carbocycles. The van der Waals surface area contributed by atoms with E-state index in [0.717, 1.165) is 12.8 Å². The molecule has 68 valence electrons. The normalized spacial score (nSPS) is 41.8. The Bertz CT molecular complexity index is 197. The van der Waals surface area contributed by atoms with Gasteiger partial charge in [-0.2, -0.15) is 0 Å². The van der Waals surface area contributed by atoms with E-state index in [-0.39, 0.29) is 17.3 Å². The van der Waals surface area contributed by atoms with Crippen LogP contribution in [-0.2, 0) is 4.79 Å². The van der Waals surface area contributed by atoms with Crippen LogP contribution in [-0.4, -0.2) is 17.4 Å². The molecule has 12 heavy (non-hydrogen) atoms. The molecular weight excluding hydrogens is 172 g/mol. The number of carbonyl (C=O) groups excluding carboxylic acids is 1. The second-order valence-corrected chi connectivity index (χ2v) is 4.09. The molecular formula is C8H14N2OS. The molecule has 0 aromatic carbocycles. The van der Waals surface area contributed by atoms with Crippen molar-refractivity contribution < 1.29 is 4.79 Å². The second kappa shape index (κ2) is 3.26. The molecule has 4 heteroatoms. The molecule has 2 fully saturated rings. The monoisotopic (exact) mass is 186 g/mol. The highest BCUT2D eigenvalue weighted by Gasteiger charge is 2.35. The Morgan fingerprint density at radius 3 is 2.92 bits per heavy atom. The van der Waals surface area contributed by atoms with Crippen LogP contribution in [0.4, 0.5) is 0 Å². The molecule has 3 unspecified atom stereocenters. The SMILES string of the molecule is O=C1NC(S)NC2CCCCC12. The Hall–Kier alpha value is -0.220. The van der Waals surface area contributed by atoms with Gasteiger partial charge in [0.1, 0.15) is 5.50 Å². The van der Waals surface area contributed by atoms with Gasteiger partial charge in [-0.25, -0.2) is 0 Å². The number of thiol groups is 1. The van der Waals surface area contributed by atoms with Crippen molar-refractivity contribution >= 4 is 18.5 Å². The van der Waals surface area contributed by atoms with Crippen molar-refractivity contribution in [2.24, 2.45) is 5.92 Å². The lowest BCUT2D eigenvalue weighted by Crippen LogP contribution is -2.60. The molecule has 1 aliphatic carbocycles. The largest absolute Gasteiger partial charge is 0.332 e. The highest BCUT2D eigenvalue weighted by atomic mass is 32.1. The molecule has 2 aliphatic rings. The van der Waals surface area contributed by atoms with Gasteiger partial charge in [0.15, 0.2) is 0 Å². The molecule has 3 atom stereocenters. The average molecular weight is 186 g/mol. The van der Waals surface area contributed by atoms with Crippen molar-refractivity contribution in [3.8, 4) is 0 Å². The van der Waals surface area contributed by atoms with E-state index >= 15 is 0 Å². The smallest absolute Gasteiger partial charge is 0.226 e. The van der Waals surface area contributed by atoms with E-state index in [0.29, 0.717) is 6.04 Å². The van der Waals surface area contributed by atoms with Gasteiger partial charge in [0.25, 0.3) is 0 Å². The molecule has 1 saturated heterocycles. The number of nitrogens with one attached hydrogen (secondary N) is 2. The van der Waals surface area contributed by atoms with Crippen LogP contribution in [0.2, 0.25) is 0 Å². The zero-order valence-electron chi connectivity index (χ0n) is 6.92. The summed E-state index contributed by atoms with van der Waals surface area (Å²) >= 11 is 4.19. The standard InChI is InChI=1S/C8H14N2OS/c11-7-5-3-1-2-4-6(5)9-8(12)10-7/h5-6,8-9,12H,1-4H2,(H,10,11). The van der Waals surface area contributed by atoms with E-state index in [9.17, 15) is 4.79 Å². The Morgan fingerprint density at radius 2 is 2.08 bits per heavy atom. The summed E-state index contributed by atoms with van der Waals surface area (Å²) in [6, 6.07) is 0.370. The molecule has 1 heterocycles. The number of rotatable bonds is 0. The highest BCUT2D eigenvalue weighted by Crippen LogP contribution is 2.27. The van der Waals surface area contributed by atoms with Crippen LogP contribution in [0.15, 0.2) is 0 Å². The summed E-state index contributed by atoms with van der Waals surface area (Å²) in [7, 11) is 0. The minimum atomic E-state index is -0.142. The number of carbonyl (C=O) groups is 1. The summed E-state index contributed by atoms with van der Waals surface area (Å²) in [4.78, 5) is 11.4. The summed E-state index contributed by atoms with van der Waals surface area (Å²) in [5.74, 6) is 0.376. The van der Waals surface area contributed by atoms with E-state index in [1.54, 1.807) is 0 Å². The fraction of sp³-hybridized carbons (Fsp3) is 0.875. The Labute approximate surface area is 77.7 Å². The maximum atomic E-state index is 11.4. The van der Waals surface area contributed by atoms with Crippen LogP contribution in [0.3, 0.4) is 0 Å². The molecule has 2 rings (SSSR count). The molecule has 1 aliphatic heterocycles. The first-order chi connectivity index (χ1) is 5.77. The first-order valence-electron chi connectivity index (χ1n) is 4.52. The number of amides is 1. The van der Waals surface area contributed by atoms with Crippen molar-refractivity contribution in [2.45, 2.75) is 37.2 Å². The lowest BCUT2D eigenvalue weighted by molar-refractivity contribution is -0.129. The van der Waals surface area contributed by atoms with Crippen LogP contribution in [0.1, 0.15) is 25.7 Å². The third-order valence-electron chi connectivity index (χ3n) is 2.75. The fourth-order valence-electron chi connectivity index (χ4n) is 2.13. The first-order valence-corrected chi connectivity index (χ1v) is 5.03. The lowest BCUT2D eigenvalue weighted by Gasteiger charge is -2.38. The number of hydrogen-bond donors (Lipinski definition) is 3. The van der Waals surface area contributed by atoms with Gasteiger partial charge < -0.3 is 5.32 Å². The maximum absolute atomic E-state index is 11.4. The predicted molar refractivity (Wildman–Crippen MR) is 49.8 cm³/mol. The van der Waals surface area contributed by atoms with Gasteiger partial charge >= 0.3 is 0 Å². The van der Waals surface area contributed by atoms with Gasteiger partial charge in [-0.1, -0.05) is 12.8 Å². The molecule has 0 aromatic heterocycles. The summed E-state index contributed by atoms with van der Waals surface area (Å²) < 4.78 is 0. The summed E-state index contributed by atoms with van der Waals surface area (Å²) in [6.45, 7) is 0. The van der Waals surface area contributed by atoms with E-state index in [1.807, 2.05) is 0 Å².